The highest BCUT2D eigenvalue weighted by atomic mass is 16.2. The maximum absolute atomic E-state index is 8.76. The summed E-state index contributed by atoms with van der Waals surface area (Å²) in [7, 11) is 0. The first-order valence-electron chi connectivity index (χ1n) is 5.62. The zero-order valence-electron chi connectivity index (χ0n) is 9.00. The molecule has 0 amide bonds. The van der Waals surface area contributed by atoms with Crippen LogP contribution in [-0.4, -0.2) is 35.2 Å². The Morgan fingerprint density at radius 3 is 2.85 bits per heavy atom. The minimum absolute atomic E-state index is 0.340. The van der Waals surface area contributed by atoms with Gasteiger partial charge in [-0.25, -0.2) is 0 Å². The van der Waals surface area contributed by atoms with Gasteiger partial charge in [0, 0.05) is 18.7 Å². The molecule has 2 heteroatoms. The van der Waals surface area contributed by atoms with Crippen molar-refractivity contribution in [3.8, 4) is 0 Å². The smallest absolute Gasteiger partial charge is 0.0431 e. The van der Waals surface area contributed by atoms with Crippen LogP contribution < -0.4 is 0 Å². The highest BCUT2D eigenvalue weighted by molar-refractivity contribution is 4.77. The van der Waals surface area contributed by atoms with Crippen molar-refractivity contribution >= 4 is 0 Å². The lowest BCUT2D eigenvalue weighted by Crippen LogP contribution is -2.43. The summed E-state index contributed by atoms with van der Waals surface area (Å²) < 4.78 is 0. The van der Waals surface area contributed by atoms with Gasteiger partial charge in [0.15, 0.2) is 0 Å². The molecule has 0 unspecified atom stereocenters. The van der Waals surface area contributed by atoms with E-state index in [4.69, 9.17) is 5.11 Å². The van der Waals surface area contributed by atoms with Crippen LogP contribution >= 0.6 is 0 Å². The summed E-state index contributed by atoms with van der Waals surface area (Å²) in [6, 6.07) is 1.41. The van der Waals surface area contributed by atoms with E-state index in [-0.39, 0.29) is 0 Å². The van der Waals surface area contributed by atoms with Gasteiger partial charge in [0.1, 0.15) is 0 Å². The normalized spacial score (nSPS) is 27.5. The Bertz CT molecular complexity index is 138. The Balaban J connectivity index is 2.30. The Morgan fingerprint density at radius 1 is 1.46 bits per heavy atom. The van der Waals surface area contributed by atoms with Gasteiger partial charge in [-0.15, -0.1) is 0 Å². The van der Waals surface area contributed by atoms with Crippen molar-refractivity contribution in [2.24, 2.45) is 0 Å². The Hall–Kier alpha value is -0.0800. The van der Waals surface area contributed by atoms with Gasteiger partial charge in [-0.3, -0.25) is 4.90 Å². The van der Waals surface area contributed by atoms with Crippen LogP contribution in [0.2, 0.25) is 0 Å². The maximum atomic E-state index is 8.76. The number of hydrogen-bond acceptors (Lipinski definition) is 2. The number of aliphatic hydroxyl groups is 1. The first kappa shape index (κ1) is 11.0. The highest BCUT2D eigenvalue weighted by Gasteiger charge is 2.22. The molecular weight excluding hydrogens is 162 g/mol. The largest absolute Gasteiger partial charge is 0.396 e. The third-order valence-electron chi connectivity index (χ3n) is 3.20. The molecule has 1 aliphatic heterocycles. The molecule has 0 bridgehead atoms. The van der Waals surface area contributed by atoms with Crippen LogP contribution in [-0.2, 0) is 0 Å². The van der Waals surface area contributed by atoms with Crippen LogP contribution in [0.5, 0.6) is 0 Å². The summed E-state index contributed by atoms with van der Waals surface area (Å²) in [4.78, 5) is 2.60. The van der Waals surface area contributed by atoms with E-state index in [9.17, 15) is 0 Å². The number of aliphatic hydroxyl groups excluding tert-OH is 1. The summed E-state index contributed by atoms with van der Waals surface area (Å²) in [5.74, 6) is 0. The minimum Gasteiger partial charge on any atom is -0.396 e. The molecule has 1 N–H and O–H groups in total. The number of likely N-dealkylation sites (tertiary alicyclic amines) is 1. The predicted octanol–water partition coefficient (Wildman–Crippen LogP) is 2.02. The first-order valence-corrected chi connectivity index (χ1v) is 5.62. The number of rotatable bonds is 4. The standard InChI is InChI=1S/C11H23NO/c1-10-6-3-4-8-12(10)11(2)7-5-9-13/h10-11,13H,3-9H2,1-2H3/t10-,11+/m0/s1. The van der Waals surface area contributed by atoms with Crippen LogP contribution in [0.3, 0.4) is 0 Å². The molecule has 0 radical (unpaired) electrons. The highest BCUT2D eigenvalue weighted by Crippen LogP contribution is 2.20. The molecule has 0 aromatic rings. The second-order valence-electron chi connectivity index (χ2n) is 4.30. The first-order chi connectivity index (χ1) is 6.25. The van der Waals surface area contributed by atoms with E-state index in [1.165, 1.54) is 25.8 Å². The van der Waals surface area contributed by atoms with Gasteiger partial charge >= 0.3 is 0 Å². The van der Waals surface area contributed by atoms with Gasteiger partial charge in [-0.2, -0.15) is 0 Å². The monoisotopic (exact) mass is 185 g/mol. The fourth-order valence-electron chi connectivity index (χ4n) is 2.33. The molecule has 0 aromatic heterocycles. The average Bonchev–Trinajstić information content (AvgIpc) is 2.15. The van der Waals surface area contributed by atoms with Crippen LogP contribution in [0.25, 0.3) is 0 Å². The summed E-state index contributed by atoms with van der Waals surface area (Å²) >= 11 is 0. The predicted molar refractivity (Wildman–Crippen MR) is 55.8 cm³/mol. The van der Waals surface area contributed by atoms with Gasteiger partial charge in [0.2, 0.25) is 0 Å². The maximum Gasteiger partial charge on any atom is 0.0431 e. The van der Waals surface area contributed by atoms with Gasteiger partial charge in [-0.1, -0.05) is 6.42 Å². The summed E-state index contributed by atoms with van der Waals surface area (Å²) in [6.45, 7) is 6.21. The van der Waals surface area contributed by atoms with Crippen LogP contribution in [0, 0.1) is 0 Å². The number of piperidine rings is 1. The molecule has 2 nitrogen and oxygen atoms in total. The van der Waals surface area contributed by atoms with Crippen LogP contribution in [0.1, 0.15) is 46.0 Å². The quantitative estimate of drug-likeness (QED) is 0.724. The van der Waals surface area contributed by atoms with Gasteiger partial charge in [-0.05, 0) is 46.1 Å². The van der Waals surface area contributed by atoms with Crippen molar-refractivity contribution in [1.29, 1.82) is 0 Å². The van der Waals surface area contributed by atoms with Gasteiger partial charge in [0.25, 0.3) is 0 Å². The SMILES string of the molecule is C[C@H](CCCO)N1CCCC[C@@H]1C. The van der Waals surface area contributed by atoms with Gasteiger partial charge < -0.3 is 5.11 Å². The Labute approximate surface area is 81.9 Å². The molecule has 0 aromatic carbocycles. The Morgan fingerprint density at radius 2 is 2.23 bits per heavy atom. The second-order valence-corrected chi connectivity index (χ2v) is 4.30. The van der Waals surface area contributed by atoms with Gasteiger partial charge in [0.05, 0.1) is 0 Å². The number of hydrogen-bond donors (Lipinski definition) is 1. The Kier molecular flexibility index (Phi) is 4.74. The molecule has 1 aliphatic rings. The summed E-state index contributed by atoms with van der Waals surface area (Å²) in [6.07, 6.45) is 6.19. The molecule has 1 fully saturated rings. The van der Waals surface area contributed by atoms with Crippen molar-refractivity contribution in [3.63, 3.8) is 0 Å². The lowest BCUT2D eigenvalue weighted by atomic mass is 10.00. The van der Waals surface area contributed by atoms with Crippen LogP contribution in [0.15, 0.2) is 0 Å². The van der Waals surface area contributed by atoms with Crippen molar-refractivity contribution in [3.05, 3.63) is 0 Å². The molecule has 0 aliphatic carbocycles. The average molecular weight is 185 g/mol. The number of nitrogens with zero attached hydrogens (tertiary/aromatic N) is 1. The second kappa shape index (κ2) is 5.61. The topological polar surface area (TPSA) is 23.5 Å². The fourth-order valence-corrected chi connectivity index (χ4v) is 2.33. The molecule has 2 atom stereocenters. The van der Waals surface area contributed by atoms with Crippen molar-refractivity contribution in [2.75, 3.05) is 13.2 Å². The van der Waals surface area contributed by atoms with E-state index in [1.807, 2.05) is 0 Å². The lowest BCUT2D eigenvalue weighted by Gasteiger charge is -2.38. The molecule has 1 heterocycles. The molecule has 78 valence electrons. The van der Waals surface area contributed by atoms with Crippen LogP contribution in [0.4, 0.5) is 0 Å². The zero-order valence-corrected chi connectivity index (χ0v) is 9.00. The third kappa shape index (κ3) is 3.28. The molecule has 1 saturated heterocycles. The van der Waals surface area contributed by atoms with E-state index < -0.39 is 0 Å². The fraction of sp³-hybridized carbons (Fsp3) is 1.00. The van der Waals surface area contributed by atoms with E-state index in [1.54, 1.807) is 0 Å². The summed E-state index contributed by atoms with van der Waals surface area (Å²) in [5.41, 5.74) is 0. The summed E-state index contributed by atoms with van der Waals surface area (Å²) in [5, 5.41) is 8.76. The van der Waals surface area contributed by atoms with Crippen molar-refractivity contribution in [1.82, 2.24) is 4.90 Å². The van der Waals surface area contributed by atoms with E-state index in [0.29, 0.717) is 12.6 Å². The van der Waals surface area contributed by atoms with E-state index in [0.717, 1.165) is 18.9 Å². The molecular formula is C11H23NO. The molecule has 0 saturated carbocycles. The van der Waals surface area contributed by atoms with Crippen molar-refractivity contribution < 1.29 is 5.11 Å². The zero-order chi connectivity index (χ0) is 9.68. The van der Waals surface area contributed by atoms with E-state index >= 15 is 0 Å². The third-order valence-corrected chi connectivity index (χ3v) is 3.20. The van der Waals surface area contributed by atoms with E-state index in [2.05, 4.69) is 18.7 Å². The minimum atomic E-state index is 0.340. The molecule has 1 rings (SSSR count). The molecule has 0 spiro atoms. The molecule has 13 heavy (non-hydrogen) atoms. The van der Waals surface area contributed by atoms with Crippen molar-refractivity contribution in [2.45, 2.75) is 58.0 Å². The lowest BCUT2D eigenvalue weighted by molar-refractivity contribution is 0.104.